The highest BCUT2D eigenvalue weighted by atomic mass is 16.5. The Morgan fingerprint density at radius 1 is 0.865 bits per heavy atom. The summed E-state index contributed by atoms with van der Waals surface area (Å²) in [6.45, 7) is 6.33. The lowest BCUT2D eigenvalue weighted by atomic mass is 9.89. The first-order valence-corrected chi connectivity index (χ1v) is 11.9. The van der Waals surface area contributed by atoms with Crippen LogP contribution < -0.4 is 21.1 Å². The van der Waals surface area contributed by atoms with Gasteiger partial charge in [-0.1, -0.05) is 57.2 Å². The number of aromatic nitrogens is 3. The molecule has 5 N–H and O–H groups in total. The van der Waals surface area contributed by atoms with Crippen LogP contribution in [-0.2, 0) is 5.41 Å². The molecule has 0 bridgehead atoms. The fraction of sp³-hybridized carbons (Fsp3) is 0.138. The summed E-state index contributed by atoms with van der Waals surface area (Å²) in [6, 6.07) is 26.0. The molecule has 8 nitrogen and oxygen atoms in total. The van der Waals surface area contributed by atoms with Crippen molar-refractivity contribution in [3.05, 3.63) is 90.6 Å². The zero-order chi connectivity index (χ0) is 26.0. The van der Waals surface area contributed by atoms with Crippen molar-refractivity contribution in [1.29, 1.82) is 0 Å². The van der Waals surface area contributed by atoms with Crippen molar-refractivity contribution < 1.29 is 9.53 Å². The highest BCUT2D eigenvalue weighted by Gasteiger charge is 2.21. The third-order valence-corrected chi connectivity index (χ3v) is 5.85. The van der Waals surface area contributed by atoms with Gasteiger partial charge in [0.15, 0.2) is 11.5 Å². The topological polar surface area (TPSA) is 118 Å². The zero-order valence-corrected chi connectivity index (χ0v) is 20.9. The number of pyridine rings is 1. The fourth-order valence-corrected chi connectivity index (χ4v) is 3.95. The summed E-state index contributed by atoms with van der Waals surface area (Å²) in [5.41, 5.74) is 10.7. The fourth-order valence-electron chi connectivity index (χ4n) is 3.95. The number of nitrogens with one attached hydrogen (secondary N) is 3. The van der Waals surface area contributed by atoms with Gasteiger partial charge in [0.2, 0.25) is 0 Å². The Kier molecular flexibility index (Phi) is 6.23. The number of hydrogen-bond acceptors (Lipinski definition) is 5. The molecule has 2 amide bonds. The quantitative estimate of drug-likeness (QED) is 0.212. The first kappa shape index (κ1) is 23.9. The molecule has 8 heteroatoms. The predicted molar refractivity (Wildman–Crippen MR) is 148 cm³/mol. The average Bonchev–Trinajstić information content (AvgIpc) is 3.25. The van der Waals surface area contributed by atoms with E-state index >= 15 is 0 Å². The Morgan fingerprint density at radius 2 is 1.57 bits per heavy atom. The number of rotatable bonds is 5. The number of nitrogens with zero attached hydrogens (tertiary/aromatic N) is 2. The van der Waals surface area contributed by atoms with E-state index in [1.807, 2.05) is 72.8 Å². The van der Waals surface area contributed by atoms with E-state index in [4.69, 9.17) is 15.5 Å². The lowest BCUT2D eigenvalue weighted by molar-refractivity contribution is 0.262. The summed E-state index contributed by atoms with van der Waals surface area (Å²) >= 11 is 0. The van der Waals surface area contributed by atoms with Crippen LogP contribution in [0.15, 0.2) is 84.9 Å². The monoisotopic (exact) mass is 492 g/mol. The minimum atomic E-state index is -0.356. The number of benzene rings is 3. The summed E-state index contributed by atoms with van der Waals surface area (Å²) < 4.78 is 5.84. The Balaban J connectivity index is 1.31. The number of nitrogen functional groups attached to an aromatic ring is 1. The normalized spacial score (nSPS) is 11.3. The van der Waals surface area contributed by atoms with Crippen LogP contribution in [0.2, 0.25) is 0 Å². The molecule has 5 aromatic rings. The molecule has 0 saturated heterocycles. The first-order chi connectivity index (χ1) is 17.8. The number of ether oxygens (including phenoxy) is 1. The van der Waals surface area contributed by atoms with E-state index in [0.29, 0.717) is 28.6 Å². The summed E-state index contributed by atoms with van der Waals surface area (Å²) in [5, 5.41) is 13.6. The smallest absolute Gasteiger partial charge is 0.323 e. The molecular formula is C29H28N6O2. The van der Waals surface area contributed by atoms with Gasteiger partial charge in [-0.2, -0.15) is 5.10 Å². The third kappa shape index (κ3) is 5.38. The summed E-state index contributed by atoms with van der Waals surface area (Å²) in [7, 11) is 0. The number of amides is 2. The van der Waals surface area contributed by atoms with Crippen molar-refractivity contribution >= 4 is 34.3 Å². The van der Waals surface area contributed by atoms with Crippen molar-refractivity contribution in [2.75, 3.05) is 16.4 Å². The number of aromatic amines is 1. The van der Waals surface area contributed by atoms with Gasteiger partial charge in [0.1, 0.15) is 11.5 Å². The van der Waals surface area contributed by atoms with Crippen molar-refractivity contribution in [1.82, 2.24) is 15.2 Å². The van der Waals surface area contributed by atoms with Crippen LogP contribution in [0.3, 0.4) is 0 Å². The molecule has 0 aliphatic rings. The average molecular weight is 493 g/mol. The molecule has 0 aliphatic heterocycles. The lowest BCUT2D eigenvalue weighted by Gasteiger charge is -2.19. The Hall–Kier alpha value is -4.85. The van der Waals surface area contributed by atoms with Gasteiger partial charge in [-0.3, -0.25) is 5.10 Å². The number of para-hydroxylation sites is 1. The summed E-state index contributed by atoms with van der Waals surface area (Å²) in [4.78, 5) is 17.4. The Morgan fingerprint density at radius 3 is 2.30 bits per heavy atom. The molecule has 37 heavy (non-hydrogen) atoms. The number of urea groups is 1. The summed E-state index contributed by atoms with van der Waals surface area (Å²) in [5.74, 6) is 1.76. The second-order valence-corrected chi connectivity index (χ2v) is 9.74. The molecule has 0 fully saturated rings. The molecule has 5 rings (SSSR count). The number of fused-ring (bicyclic) bond motifs is 1. The van der Waals surface area contributed by atoms with Crippen LogP contribution in [0, 0.1) is 0 Å². The van der Waals surface area contributed by atoms with Crippen molar-refractivity contribution in [3.63, 3.8) is 0 Å². The van der Waals surface area contributed by atoms with Gasteiger partial charge in [-0.05, 0) is 53.6 Å². The van der Waals surface area contributed by atoms with E-state index in [0.717, 1.165) is 28.0 Å². The molecule has 0 unspecified atom stereocenters. The minimum Gasteiger partial charge on any atom is -0.457 e. The molecule has 0 spiro atoms. The molecule has 2 aromatic heterocycles. The second kappa shape index (κ2) is 9.66. The third-order valence-electron chi connectivity index (χ3n) is 5.85. The zero-order valence-electron chi connectivity index (χ0n) is 20.9. The molecule has 0 aliphatic carbocycles. The predicted octanol–water partition coefficient (Wildman–Crippen LogP) is 6.94. The minimum absolute atomic E-state index is 0.147. The van der Waals surface area contributed by atoms with Gasteiger partial charge in [0.05, 0.1) is 5.39 Å². The number of anilines is 3. The van der Waals surface area contributed by atoms with Gasteiger partial charge >= 0.3 is 6.03 Å². The highest BCUT2D eigenvalue weighted by molar-refractivity contribution is 6.02. The lowest BCUT2D eigenvalue weighted by Crippen LogP contribution is -2.19. The standard InChI is InChI=1S/C29H28N6O2/c1-29(2,3)24-17-23(25-26(30)34-35-27(25)33-24)18-12-14-19(15-13-18)31-28(36)32-20-8-7-11-22(16-20)37-21-9-5-4-6-10-21/h4-17H,1-3H3,(H2,31,32,36)(H3,30,33,34,35). The molecule has 3 aromatic carbocycles. The molecule has 2 heterocycles. The Labute approximate surface area is 214 Å². The van der Waals surface area contributed by atoms with Crippen LogP contribution in [0.25, 0.3) is 22.2 Å². The van der Waals surface area contributed by atoms with E-state index in [1.165, 1.54) is 0 Å². The van der Waals surface area contributed by atoms with Gasteiger partial charge in [0, 0.05) is 28.6 Å². The molecule has 0 saturated carbocycles. The first-order valence-electron chi connectivity index (χ1n) is 11.9. The largest absolute Gasteiger partial charge is 0.457 e. The van der Waals surface area contributed by atoms with E-state index in [1.54, 1.807) is 12.1 Å². The maximum absolute atomic E-state index is 12.6. The second-order valence-electron chi connectivity index (χ2n) is 9.74. The van der Waals surface area contributed by atoms with Gasteiger partial charge in [-0.25, -0.2) is 9.78 Å². The number of carbonyl (C=O) groups is 1. The maximum Gasteiger partial charge on any atom is 0.323 e. The SMILES string of the molecule is CC(C)(C)c1cc(-c2ccc(NC(=O)Nc3cccc(Oc4ccccc4)c3)cc2)c2c(N)n[nH]c2n1. The van der Waals surface area contributed by atoms with Crippen LogP contribution >= 0.6 is 0 Å². The molecular weight excluding hydrogens is 464 g/mol. The van der Waals surface area contributed by atoms with E-state index in [9.17, 15) is 4.79 Å². The van der Waals surface area contributed by atoms with Crippen LogP contribution in [0.5, 0.6) is 11.5 Å². The van der Waals surface area contributed by atoms with Crippen LogP contribution in [0.4, 0.5) is 22.0 Å². The number of hydrogen-bond donors (Lipinski definition) is 4. The van der Waals surface area contributed by atoms with Crippen molar-refractivity contribution in [2.45, 2.75) is 26.2 Å². The van der Waals surface area contributed by atoms with E-state index in [-0.39, 0.29) is 11.4 Å². The van der Waals surface area contributed by atoms with Gasteiger partial charge < -0.3 is 21.1 Å². The number of carbonyl (C=O) groups excluding carboxylic acids is 1. The molecule has 0 atom stereocenters. The van der Waals surface area contributed by atoms with Crippen molar-refractivity contribution in [2.24, 2.45) is 0 Å². The maximum atomic E-state index is 12.6. The molecule has 186 valence electrons. The van der Waals surface area contributed by atoms with Crippen LogP contribution in [-0.4, -0.2) is 21.2 Å². The van der Waals surface area contributed by atoms with Gasteiger partial charge in [-0.15, -0.1) is 0 Å². The number of nitrogens with two attached hydrogens (primary N) is 1. The Bertz CT molecular complexity index is 1550. The van der Waals surface area contributed by atoms with E-state index < -0.39 is 0 Å². The number of H-pyrrole nitrogens is 1. The highest BCUT2D eigenvalue weighted by Crippen LogP contribution is 2.35. The van der Waals surface area contributed by atoms with Crippen molar-refractivity contribution in [3.8, 4) is 22.6 Å². The van der Waals surface area contributed by atoms with E-state index in [2.05, 4.69) is 41.6 Å². The summed E-state index contributed by atoms with van der Waals surface area (Å²) in [6.07, 6.45) is 0. The van der Waals surface area contributed by atoms with Crippen LogP contribution in [0.1, 0.15) is 26.5 Å². The van der Waals surface area contributed by atoms with Gasteiger partial charge in [0.25, 0.3) is 0 Å². The molecule has 0 radical (unpaired) electrons.